The van der Waals surface area contributed by atoms with E-state index in [4.69, 9.17) is 0 Å². The number of hydrogen-bond donors (Lipinski definition) is 0. The fourth-order valence-electron chi connectivity index (χ4n) is 2.93. The lowest BCUT2D eigenvalue weighted by Gasteiger charge is -2.33. The molecular formula is C15H26Cl2FNSi. The summed E-state index contributed by atoms with van der Waals surface area (Å²) >= 11 is 0. The van der Waals surface area contributed by atoms with Gasteiger partial charge in [-0.1, -0.05) is 37.2 Å². The first-order chi connectivity index (χ1) is 8.55. The Kier molecular flexibility index (Phi) is 8.99. The Morgan fingerprint density at radius 1 is 1.00 bits per heavy atom. The van der Waals surface area contributed by atoms with E-state index in [1.807, 2.05) is 12.1 Å². The minimum Gasteiger partial charge on any atom is -0.306 e. The number of rotatable bonds is 4. The minimum atomic E-state index is -1.25. The number of halogens is 3. The summed E-state index contributed by atoms with van der Waals surface area (Å²) in [5.41, 5.74) is 1.30. The van der Waals surface area contributed by atoms with Crippen LogP contribution in [0, 0.1) is 5.82 Å². The number of nitrogens with zero attached hydrogens (tertiary/aromatic N) is 1. The molecule has 0 amide bonds. The summed E-state index contributed by atoms with van der Waals surface area (Å²) in [5.74, 6) is -0.130. The van der Waals surface area contributed by atoms with Crippen LogP contribution in [0.5, 0.6) is 0 Å². The van der Waals surface area contributed by atoms with Crippen LogP contribution in [0.2, 0.25) is 13.1 Å². The SMILES string of the molecule is C[Si](C)(Cc1ccc(F)cc1)CN1CCCCC1.Cl.Cl. The van der Waals surface area contributed by atoms with Gasteiger partial charge in [0.25, 0.3) is 0 Å². The van der Waals surface area contributed by atoms with Crippen molar-refractivity contribution in [2.75, 3.05) is 19.3 Å². The third-order valence-electron chi connectivity index (χ3n) is 3.70. The first-order valence-corrected chi connectivity index (χ1v) is 10.4. The molecule has 1 heterocycles. The molecule has 0 aromatic heterocycles. The molecule has 0 bridgehead atoms. The summed E-state index contributed by atoms with van der Waals surface area (Å²) in [4.78, 5) is 2.64. The molecule has 1 nitrogen and oxygen atoms in total. The molecule has 0 unspecified atom stereocenters. The Morgan fingerprint density at radius 3 is 2.10 bits per heavy atom. The average molecular weight is 338 g/mol. The third kappa shape index (κ3) is 6.57. The Balaban J connectivity index is 0.00000180. The van der Waals surface area contributed by atoms with E-state index >= 15 is 0 Å². The lowest BCUT2D eigenvalue weighted by molar-refractivity contribution is 0.258. The lowest BCUT2D eigenvalue weighted by atomic mass is 10.1. The third-order valence-corrected chi connectivity index (χ3v) is 6.36. The molecular weight excluding hydrogens is 312 g/mol. The summed E-state index contributed by atoms with van der Waals surface area (Å²) in [6.07, 6.45) is 5.41. The van der Waals surface area contributed by atoms with Gasteiger partial charge in [-0.15, -0.1) is 24.8 Å². The molecule has 116 valence electrons. The van der Waals surface area contributed by atoms with Gasteiger partial charge in [-0.25, -0.2) is 4.39 Å². The molecule has 0 radical (unpaired) electrons. The molecule has 1 aromatic rings. The van der Waals surface area contributed by atoms with Crippen LogP contribution in [-0.4, -0.2) is 32.2 Å². The van der Waals surface area contributed by atoms with E-state index in [1.165, 1.54) is 44.1 Å². The molecule has 5 heteroatoms. The van der Waals surface area contributed by atoms with Crippen molar-refractivity contribution in [3.63, 3.8) is 0 Å². The molecule has 0 N–H and O–H groups in total. The van der Waals surface area contributed by atoms with E-state index in [-0.39, 0.29) is 30.6 Å². The Bertz CT molecular complexity index is 378. The van der Waals surface area contributed by atoms with Crippen molar-refractivity contribution in [1.29, 1.82) is 0 Å². The Morgan fingerprint density at radius 2 is 1.55 bits per heavy atom. The summed E-state index contributed by atoms with van der Waals surface area (Å²) < 4.78 is 12.9. The fourth-order valence-corrected chi connectivity index (χ4v) is 5.91. The zero-order valence-electron chi connectivity index (χ0n) is 12.4. The van der Waals surface area contributed by atoms with Gasteiger partial charge in [-0.2, -0.15) is 0 Å². The monoisotopic (exact) mass is 337 g/mol. The highest BCUT2D eigenvalue weighted by atomic mass is 35.5. The van der Waals surface area contributed by atoms with Gasteiger partial charge in [0.05, 0.1) is 8.07 Å². The molecule has 1 aliphatic rings. The molecule has 0 aliphatic carbocycles. The minimum absolute atomic E-state index is 0. The number of piperidine rings is 1. The first-order valence-electron chi connectivity index (χ1n) is 7.02. The van der Waals surface area contributed by atoms with Crippen LogP contribution in [0.3, 0.4) is 0 Å². The molecule has 0 spiro atoms. The standard InChI is InChI=1S/C15H24FNSi.2ClH/c1-18(2,13-17-10-4-3-5-11-17)12-14-6-8-15(16)9-7-14;;/h6-9H,3-5,10-13H2,1-2H3;2*1H. The van der Waals surface area contributed by atoms with Crippen LogP contribution < -0.4 is 0 Å². The molecule has 1 fully saturated rings. The van der Waals surface area contributed by atoms with Crippen molar-refractivity contribution in [2.24, 2.45) is 0 Å². The molecule has 0 saturated carbocycles. The van der Waals surface area contributed by atoms with Gasteiger partial charge >= 0.3 is 0 Å². The van der Waals surface area contributed by atoms with Gasteiger partial charge in [-0.05, 0) is 50.3 Å². The highest BCUT2D eigenvalue weighted by molar-refractivity contribution is 6.77. The van der Waals surface area contributed by atoms with Crippen molar-refractivity contribution >= 4 is 32.9 Å². The smallest absolute Gasteiger partial charge is 0.123 e. The van der Waals surface area contributed by atoms with Crippen LogP contribution in [0.1, 0.15) is 24.8 Å². The van der Waals surface area contributed by atoms with E-state index in [9.17, 15) is 4.39 Å². The topological polar surface area (TPSA) is 3.24 Å². The second kappa shape index (κ2) is 9.03. The van der Waals surface area contributed by atoms with Crippen molar-refractivity contribution in [3.05, 3.63) is 35.6 Å². The van der Waals surface area contributed by atoms with E-state index < -0.39 is 8.07 Å². The predicted molar refractivity (Wildman–Crippen MR) is 92.4 cm³/mol. The van der Waals surface area contributed by atoms with E-state index in [1.54, 1.807) is 12.1 Å². The first kappa shape index (κ1) is 19.9. The molecule has 0 atom stereocenters. The second-order valence-corrected chi connectivity index (χ2v) is 11.3. The predicted octanol–water partition coefficient (Wildman–Crippen LogP) is 4.48. The zero-order chi connectivity index (χ0) is 13.0. The maximum absolute atomic E-state index is 12.9. The van der Waals surface area contributed by atoms with Crippen LogP contribution in [0.25, 0.3) is 0 Å². The Hall–Kier alpha value is -0.0931. The maximum atomic E-state index is 12.9. The average Bonchev–Trinajstić information content (AvgIpc) is 2.32. The van der Waals surface area contributed by atoms with Gasteiger partial charge in [-0.3, -0.25) is 0 Å². The van der Waals surface area contributed by atoms with Crippen molar-refractivity contribution < 1.29 is 4.39 Å². The van der Waals surface area contributed by atoms with Crippen LogP contribution in [0.4, 0.5) is 4.39 Å². The quantitative estimate of drug-likeness (QED) is 0.732. The highest BCUT2D eigenvalue weighted by Gasteiger charge is 2.25. The van der Waals surface area contributed by atoms with Gasteiger partial charge in [0.15, 0.2) is 0 Å². The summed E-state index contributed by atoms with van der Waals surface area (Å²) in [6, 6.07) is 8.21. The van der Waals surface area contributed by atoms with E-state index in [0.717, 1.165) is 6.04 Å². The molecule has 2 rings (SSSR count). The lowest BCUT2D eigenvalue weighted by Crippen LogP contribution is -2.46. The van der Waals surface area contributed by atoms with Gasteiger partial charge < -0.3 is 4.90 Å². The maximum Gasteiger partial charge on any atom is 0.123 e. The van der Waals surface area contributed by atoms with Gasteiger partial charge in [0.2, 0.25) is 0 Å². The summed E-state index contributed by atoms with van der Waals surface area (Å²) in [5, 5.41) is 0. The molecule has 1 saturated heterocycles. The molecule has 1 aromatic carbocycles. The van der Waals surface area contributed by atoms with Gasteiger partial charge in [0, 0.05) is 0 Å². The van der Waals surface area contributed by atoms with Crippen LogP contribution >= 0.6 is 24.8 Å². The molecule has 20 heavy (non-hydrogen) atoms. The molecule has 1 aliphatic heterocycles. The van der Waals surface area contributed by atoms with Crippen molar-refractivity contribution in [2.45, 2.75) is 38.4 Å². The number of hydrogen-bond acceptors (Lipinski definition) is 1. The fraction of sp³-hybridized carbons (Fsp3) is 0.600. The normalized spacial score (nSPS) is 16.1. The van der Waals surface area contributed by atoms with Gasteiger partial charge in [0.1, 0.15) is 5.82 Å². The zero-order valence-corrected chi connectivity index (χ0v) is 15.0. The van der Waals surface area contributed by atoms with Crippen LogP contribution in [-0.2, 0) is 6.04 Å². The number of likely N-dealkylation sites (tertiary alicyclic amines) is 1. The largest absolute Gasteiger partial charge is 0.306 e. The number of benzene rings is 1. The highest BCUT2D eigenvalue weighted by Crippen LogP contribution is 2.17. The summed E-state index contributed by atoms with van der Waals surface area (Å²) in [6.45, 7) is 7.45. The van der Waals surface area contributed by atoms with Crippen LogP contribution in [0.15, 0.2) is 24.3 Å². The van der Waals surface area contributed by atoms with Crippen molar-refractivity contribution in [3.8, 4) is 0 Å². The summed E-state index contributed by atoms with van der Waals surface area (Å²) in [7, 11) is -1.25. The second-order valence-electron chi connectivity index (χ2n) is 6.30. The van der Waals surface area contributed by atoms with E-state index in [2.05, 4.69) is 18.0 Å². The van der Waals surface area contributed by atoms with Crippen molar-refractivity contribution in [1.82, 2.24) is 4.90 Å². The van der Waals surface area contributed by atoms with E-state index in [0.29, 0.717) is 0 Å². The Labute approximate surface area is 135 Å².